The third-order valence-electron chi connectivity index (χ3n) is 5.76. The maximum atomic E-state index is 16.2. The van der Waals surface area contributed by atoms with Gasteiger partial charge in [-0.05, 0) is 37.8 Å². The van der Waals surface area contributed by atoms with Crippen molar-refractivity contribution in [2.75, 3.05) is 0 Å². The van der Waals surface area contributed by atoms with Crippen LogP contribution in [0.1, 0.15) is 39.5 Å². The fourth-order valence-corrected chi connectivity index (χ4v) is 5.30. The molecule has 140 valence electrons. The Labute approximate surface area is 159 Å². The zero-order valence-electron chi connectivity index (χ0n) is 14.9. The predicted molar refractivity (Wildman–Crippen MR) is 102 cm³/mol. The van der Waals surface area contributed by atoms with Crippen LogP contribution in [-0.4, -0.2) is 38.3 Å². The summed E-state index contributed by atoms with van der Waals surface area (Å²) in [5, 5.41) is 7.63. The minimum absolute atomic E-state index is 0.184. The molecule has 5 rings (SSSR count). The molecule has 3 atom stereocenters. The van der Waals surface area contributed by atoms with E-state index in [1.165, 1.54) is 11.3 Å². The molecule has 3 aromatic rings. The lowest BCUT2D eigenvalue weighted by Crippen LogP contribution is -2.62. The SMILES string of the molecule is Cc1sc2nc1-c1cnn3cccc(c13)CC1(F)CCCC(N)C1NC2=O. The standard InChI is InChI=1S/C19H20FN5OS/c1-10-14-12-9-22-25-7-3-4-11(15(12)25)8-19(20)6-2-5-13(21)16(19)24-17(26)18(23-14)27-10/h3-4,7,9,13,16H,2,5-6,8,21H2,1H3,(H,24,26). The molecular weight excluding hydrogens is 365 g/mol. The number of nitrogens with two attached hydrogens (primary N) is 1. The number of hydrogen-bond acceptors (Lipinski definition) is 5. The van der Waals surface area contributed by atoms with E-state index in [1.807, 2.05) is 25.3 Å². The van der Waals surface area contributed by atoms with Crippen LogP contribution in [0.4, 0.5) is 4.39 Å². The van der Waals surface area contributed by atoms with Gasteiger partial charge >= 0.3 is 0 Å². The maximum absolute atomic E-state index is 16.2. The quantitative estimate of drug-likeness (QED) is 0.623. The molecule has 0 aromatic carbocycles. The molecule has 0 spiro atoms. The molecule has 3 aromatic heterocycles. The van der Waals surface area contributed by atoms with Gasteiger partial charge in [-0.2, -0.15) is 5.10 Å². The van der Waals surface area contributed by atoms with Gasteiger partial charge < -0.3 is 11.1 Å². The van der Waals surface area contributed by atoms with Crippen molar-refractivity contribution in [1.29, 1.82) is 0 Å². The summed E-state index contributed by atoms with van der Waals surface area (Å²) in [5.41, 5.74) is 7.92. The summed E-state index contributed by atoms with van der Waals surface area (Å²) in [6, 6.07) is 2.65. The fourth-order valence-electron chi connectivity index (χ4n) is 4.47. The van der Waals surface area contributed by atoms with E-state index in [2.05, 4.69) is 15.4 Å². The number of aromatic nitrogens is 3. The molecule has 8 heteroatoms. The van der Waals surface area contributed by atoms with Crippen molar-refractivity contribution < 1.29 is 9.18 Å². The summed E-state index contributed by atoms with van der Waals surface area (Å²) in [7, 11) is 0. The Morgan fingerprint density at radius 2 is 2.33 bits per heavy atom. The second-order valence-electron chi connectivity index (χ2n) is 7.53. The predicted octanol–water partition coefficient (Wildman–Crippen LogP) is 2.64. The summed E-state index contributed by atoms with van der Waals surface area (Å²) in [4.78, 5) is 18.3. The Morgan fingerprint density at radius 1 is 1.48 bits per heavy atom. The van der Waals surface area contributed by atoms with Crippen LogP contribution in [0.5, 0.6) is 0 Å². The van der Waals surface area contributed by atoms with Crippen LogP contribution in [0.2, 0.25) is 0 Å². The van der Waals surface area contributed by atoms with Gasteiger partial charge in [0, 0.05) is 29.1 Å². The molecule has 3 N–H and O–H groups in total. The number of halogens is 1. The number of carbonyl (C=O) groups is 1. The topological polar surface area (TPSA) is 85.3 Å². The number of alkyl halides is 1. The summed E-state index contributed by atoms with van der Waals surface area (Å²) < 4.78 is 18.0. The molecular formula is C19H20FN5OS. The summed E-state index contributed by atoms with van der Waals surface area (Å²) in [6.07, 6.45) is 5.56. The van der Waals surface area contributed by atoms with E-state index in [9.17, 15) is 4.79 Å². The molecule has 1 saturated carbocycles. The van der Waals surface area contributed by atoms with Gasteiger partial charge in [0.05, 0.1) is 23.4 Å². The smallest absolute Gasteiger partial charge is 0.280 e. The monoisotopic (exact) mass is 385 g/mol. The van der Waals surface area contributed by atoms with Crippen LogP contribution in [0.15, 0.2) is 24.5 Å². The number of carbonyl (C=O) groups excluding carboxylic acids is 1. The number of aryl methyl sites for hydroxylation is 1. The first-order chi connectivity index (χ1) is 13.0. The Balaban J connectivity index is 1.79. The van der Waals surface area contributed by atoms with E-state index in [0.29, 0.717) is 24.3 Å². The Hall–Kier alpha value is -2.32. The van der Waals surface area contributed by atoms with Gasteiger partial charge in [-0.3, -0.25) is 4.79 Å². The number of nitrogens with zero attached hydrogens (tertiary/aromatic N) is 3. The lowest BCUT2D eigenvalue weighted by Gasteiger charge is -2.42. The van der Waals surface area contributed by atoms with E-state index < -0.39 is 17.8 Å². The number of fused-ring (bicyclic) bond motifs is 4. The molecule has 6 nitrogen and oxygen atoms in total. The lowest BCUT2D eigenvalue weighted by molar-refractivity contribution is 0.0455. The van der Waals surface area contributed by atoms with E-state index in [1.54, 1.807) is 10.7 Å². The number of hydrogen-bond donors (Lipinski definition) is 2. The van der Waals surface area contributed by atoms with Gasteiger partial charge in [0.2, 0.25) is 0 Å². The second-order valence-corrected chi connectivity index (χ2v) is 8.73. The van der Waals surface area contributed by atoms with Crippen molar-refractivity contribution in [3.05, 3.63) is 40.0 Å². The number of nitrogens with one attached hydrogen (secondary N) is 1. The number of rotatable bonds is 0. The number of thiazole rings is 1. The third-order valence-corrected chi connectivity index (χ3v) is 6.73. The van der Waals surface area contributed by atoms with Crippen molar-refractivity contribution in [2.24, 2.45) is 5.73 Å². The molecule has 2 aliphatic rings. The zero-order chi connectivity index (χ0) is 18.8. The normalized spacial score (nSPS) is 27.7. The van der Waals surface area contributed by atoms with E-state index in [-0.39, 0.29) is 12.3 Å². The molecule has 0 saturated heterocycles. The van der Waals surface area contributed by atoms with Gasteiger partial charge in [0.1, 0.15) is 5.67 Å². The van der Waals surface area contributed by atoms with Gasteiger partial charge in [0.25, 0.3) is 5.91 Å². The Bertz CT molecular complexity index is 1060. The van der Waals surface area contributed by atoms with E-state index in [0.717, 1.165) is 27.2 Å². The first kappa shape index (κ1) is 16.8. The summed E-state index contributed by atoms with van der Waals surface area (Å²) in [6.45, 7) is 1.94. The zero-order valence-corrected chi connectivity index (χ0v) is 15.7. The van der Waals surface area contributed by atoms with Crippen molar-refractivity contribution in [3.63, 3.8) is 0 Å². The fraction of sp³-hybridized carbons (Fsp3) is 0.421. The molecule has 4 heterocycles. The van der Waals surface area contributed by atoms with Gasteiger partial charge in [-0.1, -0.05) is 6.07 Å². The average molecular weight is 385 g/mol. The van der Waals surface area contributed by atoms with Gasteiger partial charge in [-0.25, -0.2) is 13.9 Å². The molecule has 2 bridgehead atoms. The summed E-state index contributed by atoms with van der Waals surface area (Å²) in [5.74, 6) is -0.354. The van der Waals surface area contributed by atoms with Crippen molar-refractivity contribution in [2.45, 2.75) is 50.4 Å². The molecule has 1 aliphatic carbocycles. The first-order valence-electron chi connectivity index (χ1n) is 9.15. The largest absolute Gasteiger partial charge is 0.342 e. The van der Waals surface area contributed by atoms with Crippen molar-refractivity contribution >= 4 is 22.8 Å². The Morgan fingerprint density at radius 3 is 3.19 bits per heavy atom. The minimum atomic E-state index is -1.60. The van der Waals surface area contributed by atoms with Gasteiger partial charge in [-0.15, -0.1) is 11.3 Å². The Kier molecular flexibility index (Phi) is 3.64. The van der Waals surface area contributed by atoms with Crippen LogP contribution in [0.25, 0.3) is 16.8 Å². The van der Waals surface area contributed by atoms with Crippen molar-refractivity contribution in [1.82, 2.24) is 19.9 Å². The van der Waals surface area contributed by atoms with Crippen LogP contribution in [0.3, 0.4) is 0 Å². The van der Waals surface area contributed by atoms with Gasteiger partial charge in [0.15, 0.2) is 5.01 Å². The molecule has 27 heavy (non-hydrogen) atoms. The molecule has 1 fully saturated rings. The number of pyridine rings is 1. The van der Waals surface area contributed by atoms with E-state index in [4.69, 9.17) is 5.73 Å². The van der Waals surface area contributed by atoms with Crippen LogP contribution >= 0.6 is 11.3 Å². The van der Waals surface area contributed by atoms with Crippen LogP contribution in [-0.2, 0) is 6.42 Å². The van der Waals surface area contributed by atoms with Crippen LogP contribution in [0, 0.1) is 6.92 Å². The molecule has 1 amide bonds. The third kappa shape index (κ3) is 2.50. The maximum Gasteiger partial charge on any atom is 0.280 e. The second kappa shape index (κ2) is 5.84. The number of amides is 1. The minimum Gasteiger partial charge on any atom is -0.342 e. The molecule has 0 radical (unpaired) electrons. The van der Waals surface area contributed by atoms with E-state index >= 15 is 4.39 Å². The highest BCUT2D eigenvalue weighted by molar-refractivity contribution is 7.14. The first-order valence-corrected chi connectivity index (χ1v) is 9.96. The lowest BCUT2D eigenvalue weighted by atomic mass is 9.75. The highest BCUT2D eigenvalue weighted by Gasteiger charge is 2.47. The van der Waals surface area contributed by atoms with Crippen LogP contribution < -0.4 is 11.1 Å². The highest BCUT2D eigenvalue weighted by Crippen LogP contribution is 2.39. The average Bonchev–Trinajstić information content (AvgIpc) is 3.21. The van der Waals surface area contributed by atoms with Crippen molar-refractivity contribution in [3.8, 4) is 11.3 Å². The molecule has 3 unspecified atom stereocenters. The summed E-state index contributed by atoms with van der Waals surface area (Å²) >= 11 is 1.32. The molecule has 1 aliphatic heterocycles. The highest BCUT2D eigenvalue weighted by atomic mass is 32.1.